The summed E-state index contributed by atoms with van der Waals surface area (Å²) in [5, 5.41) is 1.18. The van der Waals surface area contributed by atoms with Crippen LogP contribution in [0.1, 0.15) is 13.8 Å². The van der Waals surface area contributed by atoms with Crippen LogP contribution in [-0.2, 0) is 14.6 Å². The number of hydrogen-bond donors (Lipinski definition) is 2. The van der Waals surface area contributed by atoms with E-state index in [1.165, 1.54) is 12.1 Å². The zero-order valence-electron chi connectivity index (χ0n) is 10.2. The summed E-state index contributed by atoms with van der Waals surface area (Å²) in [7, 11) is -0.207. The maximum Gasteiger partial charge on any atom is 0.254 e. The van der Waals surface area contributed by atoms with Gasteiger partial charge in [0.15, 0.2) is 9.84 Å². The number of nitrogens with two attached hydrogens (primary N) is 1. The molecule has 7 heteroatoms. The van der Waals surface area contributed by atoms with E-state index in [4.69, 9.17) is 5.73 Å². The van der Waals surface area contributed by atoms with Crippen LogP contribution in [0.4, 0.5) is 0 Å². The summed E-state index contributed by atoms with van der Waals surface area (Å²) < 4.78 is 23.2. The molecule has 0 saturated carbocycles. The van der Waals surface area contributed by atoms with Crippen molar-refractivity contribution < 1.29 is 13.2 Å². The number of nitrogens with zero attached hydrogens (tertiary/aromatic N) is 1. The van der Waals surface area contributed by atoms with Crippen LogP contribution in [0.25, 0.3) is 0 Å². The lowest BCUT2D eigenvalue weighted by atomic mass is 10.3. The molecule has 0 bridgehead atoms. The van der Waals surface area contributed by atoms with Gasteiger partial charge in [-0.25, -0.2) is 13.8 Å². The van der Waals surface area contributed by atoms with Crippen molar-refractivity contribution in [3.05, 3.63) is 0 Å². The minimum Gasteiger partial charge on any atom is -0.319 e. The van der Waals surface area contributed by atoms with E-state index < -0.39 is 21.8 Å². The normalized spacial score (nSPS) is 13.9. The predicted octanol–water partition coefficient (Wildman–Crippen LogP) is -1.02. The largest absolute Gasteiger partial charge is 0.319 e. The van der Waals surface area contributed by atoms with E-state index in [-0.39, 0.29) is 17.4 Å². The SMILES string of the molecule is CNN(C)C(=O)[C@@H](N)CS(=O)(=O)CC(C)C. The van der Waals surface area contributed by atoms with E-state index in [9.17, 15) is 13.2 Å². The molecule has 0 aromatic carbocycles. The highest BCUT2D eigenvalue weighted by atomic mass is 32.2. The molecule has 0 saturated heterocycles. The zero-order valence-corrected chi connectivity index (χ0v) is 11.0. The van der Waals surface area contributed by atoms with Gasteiger partial charge in [0.1, 0.15) is 0 Å². The van der Waals surface area contributed by atoms with Gasteiger partial charge in [0.05, 0.1) is 17.5 Å². The number of hydrazine groups is 1. The lowest BCUT2D eigenvalue weighted by Crippen LogP contribution is -2.50. The topological polar surface area (TPSA) is 92.5 Å². The van der Waals surface area contributed by atoms with E-state index in [0.717, 1.165) is 0 Å². The number of carbonyl (C=O) groups is 1. The van der Waals surface area contributed by atoms with Gasteiger partial charge in [-0.1, -0.05) is 13.8 Å². The molecule has 0 unspecified atom stereocenters. The number of nitrogens with one attached hydrogen (secondary N) is 1. The second-order valence-electron chi connectivity index (χ2n) is 4.20. The van der Waals surface area contributed by atoms with Crippen molar-refractivity contribution in [1.29, 1.82) is 0 Å². The molecule has 0 heterocycles. The fourth-order valence-corrected chi connectivity index (χ4v) is 3.12. The molecule has 0 aliphatic heterocycles. The monoisotopic (exact) mass is 251 g/mol. The van der Waals surface area contributed by atoms with Crippen molar-refractivity contribution in [1.82, 2.24) is 10.4 Å². The zero-order chi connectivity index (χ0) is 12.9. The lowest BCUT2D eigenvalue weighted by molar-refractivity contribution is -0.133. The average molecular weight is 251 g/mol. The Hall–Kier alpha value is -0.660. The Morgan fingerprint density at radius 1 is 1.38 bits per heavy atom. The first kappa shape index (κ1) is 15.3. The molecule has 6 nitrogen and oxygen atoms in total. The molecule has 0 radical (unpaired) electrons. The van der Waals surface area contributed by atoms with Gasteiger partial charge in [-0.3, -0.25) is 9.80 Å². The van der Waals surface area contributed by atoms with E-state index in [1.54, 1.807) is 7.05 Å². The van der Waals surface area contributed by atoms with Crippen molar-refractivity contribution in [3.8, 4) is 0 Å². The van der Waals surface area contributed by atoms with Crippen LogP contribution in [0.15, 0.2) is 0 Å². The number of likely N-dealkylation sites (N-methyl/N-ethyl adjacent to an activating group) is 1. The van der Waals surface area contributed by atoms with E-state index in [2.05, 4.69) is 5.43 Å². The highest BCUT2D eigenvalue weighted by molar-refractivity contribution is 7.91. The van der Waals surface area contributed by atoms with Gasteiger partial charge >= 0.3 is 0 Å². The maximum absolute atomic E-state index is 11.6. The third kappa shape index (κ3) is 5.43. The first-order valence-corrected chi connectivity index (χ1v) is 6.92. The molecule has 0 rings (SSSR count). The van der Waals surface area contributed by atoms with Gasteiger partial charge in [-0.05, 0) is 5.92 Å². The van der Waals surface area contributed by atoms with Gasteiger partial charge in [0.2, 0.25) is 0 Å². The summed E-state index contributed by atoms with van der Waals surface area (Å²) in [5.74, 6) is -0.656. The van der Waals surface area contributed by atoms with Crippen molar-refractivity contribution in [2.75, 3.05) is 25.6 Å². The van der Waals surface area contributed by atoms with Crippen molar-refractivity contribution in [2.24, 2.45) is 11.7 Å². The highest BCUT2D eigenvalue weighted by Crippen LogP contribution is 2.02. The predicted molar refractivity (Wildman–Crippen MR) is 63.3 cm³/mol. The van der Waals surface area contributed by atoms with E-state index in [0.29, 0.717) is 0 Å². The molecule has 1 amide bonds. The van der Waals surface area contributed by atoms with Gasteiger partial charge in [0, 0.05) is 14.1 Å². The molecule has 0 spiro atoms. The molecular weight excluding hydrogens is 230 g/mol. The molecule has 0 aliphatic carbocycles. The molecule has 0 aromatic heterocycles. The Morgan fingerprint density at radius 3 is 2.25 bits per heavy atom. The molecule has 1 atom stereocenters. The highest BCUT2D eigenvalue weighted by Gasteiger charge is 2.24. The molecule has 0 aromatic rings. The Bertz CT molecular complexity index is 327. The summed E-state index contributed by atoms with van der Waals surface area (Å²) in [6.07, 6.45) is 0. The fourth-order valence-electron chi connectivity index (χ4n) is 1.28. The molecule has 0 aliphatic rings. The van der Waals surface area contributed by atoms with Gasteiger partial charge in [-0.2, -0.15) is 0 Å². The standard InChI is InChI=1S/C9H21N3O3S/c1-7(2)5-16(14,15)6-8(10)9(13)12(4)11-3/h7-8,11H,5-6,10H2,1-4H3/t8-/m0/s1. The van der Waals surface area contributed by atoms with Crippen LogP contribution in [-0.4, -0.2) is 51.0 Å². The van der Waals surface area contributed by atoms with Crippen LogP contribution < -0.4 is 11.2 Å². The number of rotatable bonds is 6. The molecular formula is C9H21N3O3S. The number of sulfone groups is 1. The van der Waals surface area contributed by atoms with Crippen LogP contribution >= 0.6 is 0 Å². The third-order valence-corrected chi connectivity index (χ3v) is 4.05. The summed E-state index contributed by atoms with van der Waals surface area (Å²) in [4.78, 5) is 11.5. The smallest absolute Gasteiger partial charge is 0.254 e. The summed E-state index contributed by atoms with van der Waals surface area (Å²) in [5.41, 5.74) is 8.13. The Kier molecular flexibility index (Phi) is 5.91. The van der Waals surface area contributed by atoms with Crippen LogP contribution in [0.5, 0.6) is 0 Å². The molecule has 16 heavy (non-hydrogen) atoms. The first-order chi connectivity index (χ1) is 7.19. The Morgan fingerprint density at radius 2 is 1.88 bits per heavy atom. The van der Waals surface area contributed by atoms with Gasteiger partial charge in [-0.15, -0.1) is 0 Å². The van der Waals surface area contributed by atoms with Crippen molar-refractivity contribution in [2.45, 2.75) is 19.9 Å². The molecule has 0 fully saturated rings. The van der Waals surface area contributed by atoms with Crippen LogP contribution in [0.3, 0.4) is 0 Å². The second-order valence-corrected chi connectivity index (χ2v) is 6.35. The Labute approximate surface area is 97.1 Å². The number of carbonyl (C=O) groups excluding carboxylic acids is 1. The number of hydrogen-bond acceptors (Lipinski definition) is 5. The van der Waals surface area contributed by atoms with Crippen molar-refractivity contribution in [3.63, 3.8) is 0 Å². The fraction of sp³-hybridized carbons (Fsp3) is 0.889. The lowest BCUT2D eigenvalue weighted by Gasteiger charge is -2.20. The quantitative estimate of drug-likeness (QED) is 0.589. The van der Waals surface area contributed by atoms with Gasteiger partial charge in [0.25, 0.3) is 5.91 Å². The number of amides is 1. The second kappa shape index (κ2) is 6.17. The summed E-state index contributed by atoms with van der Waals surface area (Å²) in [6.45, 7) is 3.62. The average Bonchev–Trinajstić information content (AvgIpc) is 2.12. The third-order valence-electron chi connectivity index (χ3n) is 2.00. The van der Waals surface area contributed by atoms with Crippen LogP contribution in [0, 0.1) is 5.92 Å². The minimum absolute atomic E-state index is 0.0364. The summed E-state index contributed by atoms with van der Waals surface area (Å²) in [6, 6.07) is -1.01. The minimum atomic E-state index is -3.27. The van der Waals surface area contributed by atoms with Crippen LogP contribution in [0.2, 0.25) is 0 Å². The van der Waals surface area contributed by atoms with E-state index >= 15 is 0 Å². The summed E-state index contributed by atoms with van der Waals surface area (Å²) >= 11 is 0. The Balaban J connectivity index is 4.45. The van der Waals surface area contributed by atoms with E-state index in [1.807, 2.05) is 13.8 Å². The van der Waals surface area contributed by atoms with Crippen molar-refractivity contribution >= 4 is 15.7 Å². The first-order valence-electron chi connectivity index (χ1n) is 5.10. The molecule has 96 valence electrons. The molecule has 3 N–H and O–H groups in total. The maximum atomic E-state index is 11.6. The van der Waals surface area contributed by atoms with Gasteiger partial charge < -0.3 is 5.73 Å².